The number of rotatable bonds is 5. The topological polar surface area (TPSA) is 79.4 Å². The molecule has 0 atom stereocenters. The maximum Gasteiger partial charge on any atom is 0.573 e. The number of nitrogens with one attached hydrogen (secondary N) is 2. The third-order valence-electron chi connectivity index (χ3n) is 4.34. The Morgan fingerprint density at radius 1 is 1.17 bits per heavy atom. The van der Waals surface area contributed by atoms with Gasteiger partial charge in [-0.25, -0.2) is 14.8 Å². The molecule has 1 fully saturated rings. The van der Waals surface area contributed by atoms with Gasteiger partial charge in [0.1, 0.15) is 11.6 Å². The molecule has 2 aromatic rings. The summed E-state index contributed by atoms with van der Waals surface area (Å²) < 4.78 is 41.4. The minimum atomic E-state index is -4.85. The number of hydrogen-bond acceptors (Lipinski definition) is 5. The zero-order valence-corrected chi connectivity index (χ0v) is 15.9. The second-order valence-corrected chi connectivity index (χ2v) is 6.68. The number of carbonyl (C=O) groups is 1. The Labute approximate surface area is 166 Å². The van der Waals surface area contributed by atoms with E-state index in [0.29, 0.717) is 5.82 Å². The molecule has 0 spiro atoms. The van der Waals surface area contributed by atoms with Crippen molar-refractivity contribution in [3.63, 3.8) is 0 Å². The number of hydrogen-bond donors (Lipinski definition) is 2. The number of aromatic nitrogens is 2. The number of ether oxygens (including phenoxy) is 1. The number of urea groups is 1. The smallest absolute Gasteiger partial charge is 0.404 e. The lowest BCUT2D eigenvalue weighted by atomic mass is 10.1. The molecule has 1 saturated heterocycles. The first-order chi connectivity index (χ1) is 13.8. The van der Waals surface area contributed by atoms with Crippen molar-refractivity contribution in [3.8, 4) is 5.75 Å². The first-order valence-electron chi connectivity index (χ1n) is 9.29. The lowest BCUT2D eigenvalue weighted by Gasteiger charge is -2.28. The molecule has 1 aliphatic heterocycles. The standard InChI is InChI=1S/C19H22F3N5O2/c1-13-11-17(27-9-5-2-6-10-27)26-16(24-13)12-23-18(28)25-14-7-3-4-8-15(14)29-19(20,21)22/h3-4,7-8,11H,2,5-6,9-10,12H2,1H3,(H2,23,25,28). The molecule has 156 valence electrons. The average Bonchev–Trinajstić information content (AvgIpc) is 2.67. The van der Waals surface area contributed by atoms with E-state index in [2.05, 4.69) is 30.2 Å². The number of halogens is 3. The second-order valence-electron chi connectivity index (χ2n) is 6.68. The van der Waals surface area contributed by atoms with Gasteiger partial charge in [-0.05, 0) is 38.3 Å². The van der Waals surface area contributed by atoms with Crippen LogP contribution in [0.5, 0.6) is 5.75 Å². The summed E-state index contributed by atoms with van der Waals surface area (Å²) in [5.41, 5.74) is 0.684. The molecule has 1 aromatic heterocycles. The molecule has 0 saturated carbocycles. The van der Waals surface area contributed by atoms with Crippen molar-refractivity contribution in [1.29, 1.82) is 0 Å². The van der Waals surface area contributed by atoms with Crippen molar-refractivity contribution in [1.82, 2.24) is 15.3 Å². The molecule has 0 radical (unpaired) electrons. The van der Waals surface area contributed by atoms with Gasteiger partial charge in [-0.3, -0.25) is 0 Å². The molecule has 10 heteroatoms. The molecule has 3 rings (SSSR count). The van der Waals surface area contributed by atoms with E-state index in [0.717, 1.165) is 43.5 Å². The zero-order valence-electron chi connectivity index (χ0n) is 15.9. The van der Waals surface area contributed by atoms with Crippen molar-refractivity contribution in [2.45, 2.75) is 39.1 Å². The minimum Gasteiger partial charge on any atom is -0.404 e. The number of para-hydroxylation sites is 2. The highest BCUT2D eigenvalue weighted by molar-refractivity contribution is 5.90. The maximum absolute atomic E-state index is 12.5. The minimum absolute atomic E-state index is 0.0383. The first kappa shape index (κ1) is 20.7. The molecule has 0 unspecified atom stereocenters. The van der Waals surface area contributed by atoms with Gasteiger partial charge in [-0.1, -0.05) is 12.1 Å². The van der Waals surface area contributed by atoms with Gasteiger partial charge >= 0.3 is 12.4 Å². The summed E-state index contributed by atoms with van der Waals surface area (Å²) in [6.45, 7) is 3.75. The van der Waals surface area contributed by atoms with Crippen LogP contribution in [0.15, 0.2) is 30.3 Å². The van der Waals surface area contributed by atoms with Crippen LogP contribution in [0.25, 0.3) is 0 Å². The quantitative estimate of drug-likeness (QED) is 0.781. The lowest BCUT2D eigenvalue weighted by molar-refractivity contribution is -0.274. The van der Waals surface area contributed by atoms with E-state index in [-0.39, 0.29) is 12.2 Å². The zero-order chi connectivity index (χ0) is 20.9. The number of carbonyl (C=O) groups excluding carboxylic acids is 1. The number of anilines is 2. The molecule has 7 nitrogen and oxygen atoms in total. The van der Waals surface area contributed by atoms with Gasteiger partial charge in [-0.2, -0.15) is 0 Å². The van der Waals surface area contributed by atoms with Crippen LogP contribution in [0.1, 0.15) is 30.8 Å². The Morgan fingerprint density at radius 2 is 1.90 bits per heavy atom. The van der Waals surface area contributed by atoms with Crippen LogP contribution in [0.2, 0.25) is 0 Å². The highest BCUT2D eigenvalue weighted by Gasteiger charge is 2.32. The summed E-state index contributed by atoms with van der Waals surface area (Å²) in [6, 6.07) is 6.53. The summed E-state index contributed by atoms with van der Waals surface area (Å²) in [4.78, 5) is 23.2. The molecular weight excluding hydrogens is 387 g/mol. The number of amides is 2. The van der Waals surface area contributed by atoms with E-state index in [1.807, 2.05) is 13.0 Å². The van der Waals surface area contributed by atoms with Crippen LogP contribution < -0.4 is 20.3 Å². The predicted octanol–water partition coefficient (Wildman–Crippen LogP) is 4.00. The Hall–Kier alpha value is -3.04. The van der Waals surface area contributed by atoms with Gasteiger partial charge in [0, 0.05) is 24.8 Å². The molecular formula is C19H22F3N5O2. The molecule has 2 N–H and O–H groups in total. The number of nitrogens with zero attached hydrogens (tertiary/aromatic N) is 3. The fourth-order valence-corrected chi connectivity index (χ4v) is 3.09. The fraction of sp³-hybridized carbons (Fsp3) is 0.421. The molecule has 0 aliphatic carbocycles. The lowest BCUT2D eigenvalue weighted by Crippen LogP contribution is -2.32. The van der Waals surface area contributed by atoms with Crippen LogP contribution in [0, 0.1) is 6.92 Å². The summed E-state index contributed by atoms with van der Waals surface area (Å²) in [7, 11) is 0. The van der Waals surface area contributed by atoms with Crippen molar-refractivity contribution < 1.29 is 22.7 Å². The molecule has 1 aromatic carbocycles. The van der Waals surface area contributed by atoms with Crippen LogP contribution in [0.3, 0.4) is 0 Å². The normalized spacial score (nSPS) is 14.4. The van der Waals surface area contributed by atoms with E-state index < -0.39 is 18.1 Å². The molecule has 1 aliphatic rings. The van der Waals surface area contributed by atoms with Crippen molar-refractivity contribution in [2.75, 3.05) is 23.3 Å². The van der Waals surface area contributed by atoms with E-state index >= 15 is 0 Å². The highest BCUT2D eigenvalue weighted by Crippen LogP contribution is 2.29. The predicted molar refractivity (Wildman–Crippen MR) is 102 cm³/mol. The van der Waals surface area contributed by atoms with Gasteiger partial charge in [-0.15, -0.1) is 13.2 Å². The van der Waals surface area contributed by atoms with Gasteiger partial charge in [0.25, 0.3) is 0 Å². The molecule has 0 bridgehead atoms. The second kappa shape index (κ2) is 8.97. The summed E-state index contributed by atoms with van der Waals surface area (Å²) >= 11 is 0. The molecule has 2 heterocycles. The SMILES string of the molecule is Cc1cc(N2CCCCC2)nc(CNC(=O)Nc2ccccc2OC(F)(F)F)n1. The monoisotopic (exact) mass is 409 g/mol. The van der Waals surface area contributed by atoms with Gasteiger partial charge in [0.15, 0.2) is 5.75 Å². The Bertz CT molecular complexity index is 854. The summed E-state index contributed by atoms with van der Waals surface area (Å²) in [5, 5.41) is 4.92. The fourth-order valence-electron chi connectivity index (χ4n) is 3.09. The molecule has 2 amide bonds. The first-order valence-corrected chi connectivity index (χ1v) is 9.29. The van der Waals surface area contributed by atoms with Crippen LogP contribution in [-0.4, -0.2) is 35.5 Å². The van der Waals surface area contributed by atoms with Crippen LogP contribution in [-0.2, 0) is 6.54 Å². The van der Waals surface area contributed by atoms with Crippen molar-refractivity contribution >= 4 is 17.5 Å². The highest BCUT2D eigenvalue weighted by atomic mass is 19.4. The molecule has 29 heavy (non-hydrogen) atoms. The van der Waals surface area contributed by atoms with Gasteiger partial charge in [0.2, 0.25) is 0 Å². The largest absolute Gasteiger partial charge is 0.573 e. The van der Waals surface area contributed by atoms with Crippen LogP contribution in [0.4, 0.5) is 29.5 Å². The van der Waals surface area contributed by atoms with Crippen LogP contribution >= 0.6 is 0 Å². The Morgan fingerprint density at radius 3 is 2.62 bits per heavy atom. The van der Waals surface area contributed by atoms with Crippen molar-refractivity contribution in [2.24, 2.45) is 0 Å². The number of benzene rings is 1. The maximum atomic E-state index is 12.5. The number of alkyl halides is 3. The number of aryl methyl sites for hydroxylation is 1. The van der Waals surface area contributed by atoms with E-state index in [1.54, 1.807) is 0 Å². The van der Waals surface area contributed by atoms with Gasteiger partial charge < -0.3 is 20.3 Å². The average molecular weight is 409 g/mol. The van der Waals surface area contributed by atoms with E-state index in [4.69, 9.17) is 0 Å². The van der Waals surface area contributed by atoms with E-state index in [1.165, 1.54) is 24.6 Å². The van der Waals surface area contributed by atoms with E-state index in [9.17, 15) is 18.0 Å². The van der Waals surface area contributed by atoms with Crippen molar-refractivity contribution in [3.05, 3.63) is 41.9 Å². The summed E-state index contributed by atoms with van der Waals surface area (Å²) in [5.74, 6) is 0.758. The summed E-state index contributed by atoms with van der Waals surface area (Å²) in [6.07, 6.45) is -1.43. The third kappa shape index (κ3) is 6.23. The third-order valence-corrected chi connectivity index (χ3v) is 4.34. The Kier molecular flexibility index (Phi) is 6.40. The Balaban J connectivity index is 1.62. The van der Waals surface area contributed by atoms with Gasteiger partial charge in [0.05, 0.1) is 12.2 Å². The number of piperidine rings is 1.